The summed E-state index contributed by atoms with van der Waals surface area (Å²) in [4.78, 5) is 0. The van der Waals surface area contributed by atoms with Crippen LogP contribution >= 0.6 is 15.9 Å². The highest BCUT2D eigenvalue weighted by Gasteiger charge is 2.48. The van der Waals surface area contributed by atoms with Crippen LogP contribution in [-0.4, -0.2) is 10.7 Å². The van der Waals surface area contributed by atoms with Crippen molar-refractivity contribution in [3.05, 3.63) is 34.3 Å². The van der Waals surface area contributed by atoms with Gasteiger partial charge in [-0.1, -0.05) is 35.0 Å². The summed E-state index contributed by atoms with van der Waals surface area (Å²) < 4.78 is 1.03. The van der Waals surface area contributed by atoms with Gasteiger partial charge in [0.1, 0.15) is 0 Å². The lowest BCUT2D eigenvalue weighted by atomic mass is 9.61. The van der Waals surface area contributed by atoms with Crippen LogP contribution in [0.4, 0.5) is 0 Å². The summed E-state index contributed by atoms with van der Waals surface area (Å²) in [5.74, 6) is 0.667. The Balaban J connectivity index is 2.19. The van der Waals surface area contributed by atoms with Crippen molar-refractivity contribution in [1.29, 1.82) is 5.26 Å². The summed E-state index contributed by atoms with van der Waals surface area (Å²) >= 11 is 3.42. The van der Waals surface area contributed by atoms with E-state index in [4.69, 9.17) is 0 Å². The lowest BCUT2D eigenvalue weighted by Crippen LogP contribution is -2.48. The zero-order chi connectivity index (χ0) is 14.8. The molecule has 0 heterocycles. The van der Waals surface area contributed by atoms with Gasteiger partial charge in [-0.25, -0.2) is 0 Å². The van der Waals surface area contributed by atoms with Crippen LogP contribution in [0.3, 0.4) is 0 Å². The number of hydrogen-bond acceptors (Lipinski definition) is 2. The molecule has 2 rings (SSSR count). The zero-order valence-corrected chi connectivity index (χ0v) is 13.8. The van der Waals surface area contributed by atoms with Crippen molar-refractivity contribution >= 4 is 15.9 Å². The molecule has 0 spiro atoms. The van der Waals surface area contributed by atoms with Crippen LogP contribution in [0, 0.1) is 22.7 Å². The minimum absolute atomic E-state index is 0.530. The SMILES string of the molecule is CC1CCC(C#N)(C(C)(O)Cc2ccc(Br)cc2)CC1. The van der Waals surface area contributed by atoms with E-state index in [0.717, 1.165) is 35.7 Å². The number of halogens is 1. The van der Waals surface area contributed by atoms with Gasteiger partial charge < -0.3 is 5.11 Å². The highest BCUT2D eigenvalue weighted by atomic mass is 79.9. The first kappa shape index (κ1) is 15.5. The van der Waals surface area contributed by atoms with Crippen molar-refractivity contribution < 1.29 is 5.11 Å². The fourth-order valence-electron chi connectivity index (χ4n) is 3.19. The minimum atomic E-state index is -0.976. The van der Waals surface area contributed by atoms with Crippen molar-refractivity contribution in [2.24, 2.45) is 11.3 Å². The molecule has 0 bridgehead atoms. The van der Waals surface area contributed by atoms with E-state index in [-0.39, 0.29) is 0 Å². The maximum Gasteiger partial charge on any atom is 0.0861 e. The van der Waals surface area contributed by atoms with E-state index in [1.807, 2.05) is 31.2 Å². The van der Waals surface area contributed by atoms with Gasteiger partial charge in [-0.05, 0) is 56.2 Å². The van der Waals surface area contributed by atoms with Crippen LogP contribution in [0.1, 0.15) is 45.1 Å². The van der Waals surface area contributed by atoms with Gasteiger partial charge in [0.25, 0.3) is 0 Å². The summed E-state index contributed by atoms with van der Waals surface area (Å²) in [6.45, 7) is 4.05. The van der Waals surface area contributed by atoms with E-state index in [2.05, 4.69) is 28.9 Å². The molecule has 3 heteroatoms. The number of benzene rings is 1. The first-order valence-electron chi connectivity index (χ1n) is 7.27. The van der Waals surface area contributed by atoms with Crippen LogP contribution < -0.4 is 0 Å². The molecule has 1 aliphatic rings. The highest BCUT2D eigenvalue weighted by Crippen LogP contribution is 2.47. The Bertz CT molecular complexity index is 493. The smallest absolute Gasteiger partial charge is 0.0861 e. The number of nitriles is 1. The topological polar surface area (TPSA) is 44.0 Å². The Hall–Kier alpha value is -0.850. The van der Waals surface area contributed by atoms with Gasteiger partial charge in [-0.15, -0.1) is 0 Å². The Morgan fingerprint density at radius 1 is 1.35 bits per heavy atom. The monoisotopic (exact) mass is 335 g/mol. The second kappa shape index (κ2) is 5.87. The van der Waals surface area contributed by atoms with Crippen LogP contribution in [-0.2, 0) is 6.42 Å². The first-order chi connectivity index (χ1) is 9.38. The lowest BCUT2D eigenvalue weighted by molar-refractivity contribution is -0.0621. The molecule has 1 aliphatic carbocycles. The molecule has 0 amide bonds. The molecular weight excluding hydrogens is 314 g/mol. The molecule has 0 aromatic heterocycles. The molecule has 0 aliphatic heterocycles. The van der Waals surface area contributed by atoms with E-state index in [1.165, 1.54) is 0 Å². The predicted octanol–water partition coefficient (Wildman–Crippen LogP) is 4.46. The average Bonchev–Trinajstić information content (AvgIpc) is 2.42. The van der Waals surface area contributed by atoms with Crippen LogP contribution in [0.2, 0.25) is 0 Å². The molecule has 20 heavy (non-hydrogen) atoms. The van der Waals surface area contributed by atoms with E-state index in [0.29, 0.717) is 12.3 Å². The maximum absolute atomic E-state index is 11.0. The fourth-order valence-corrected chi connectivity index (χ4v) is 3.46. The molecule has 1 aromatic carbocycles. The number of hydrogen-bond donors (Lipinski definition) is 1. The molecule has 2 nitrogen and oxygen atoms in total. The molecule has 0 saturated heterocycles. The number of rotatable bonds is 3. The number of nitrogens with zero attached hydrogens (tertiary/aromatic N) is 1. The van der Waals surface area contributed by atoms with Gasteiger partial charge in [-0.2, -0.15) is 5.26 Å². The van der Waals surface area contributed by atoms with Gasteiger partial charge >= 0.3 is 0 Å². The van der Waals surface area contributed by atoms with Crippen molar-refractivity contribution in [3.63, 3.8) is 0 Å². The highest BCUT2D eigenvalue weighted by molar-refractivity contribution is 9.10. The normalized spacial score (nSPS) is 29.4. The molecule has 1 unspecified atom stereocenters. The third kappa shape index (κ3) is 3.07. The Morgan fingerprint density at radius 2 is 1.90 bits per heavy atom. The third-order valence-electron chi connectivity index (χ3n) is 4.83. The van der Waals surface area contributed by atoms with Gasteiger partial charge in [0, 0.05) is 10.9 Å². The molecule has 1 saturated carbocycles. The molecule has 1 aromatic rings. The summed E-state index contributed by atoms with van der Waals surface area (Å²) in [7, 11) is 0. The van der Waals surface area contributed by atoms with Crippen molar-refractivity contribution in [2.75, 3.05) is 0 Å². The second-order valence-electron chi connectivity index (χ2n) is 6.45. The van der Waals surface area contributed by atoms with Crippen molar-refractivity contribution in [3.8, 4) is 6.07 Å². The van der Waals surface area contributed by atoms with Crippen LogP contribution in [0.15, 0.2) is 28.7 Å². The summed E-state index contributed by atoms with van der Waals surface area (Å²) in [6, 6.07) is 10.4. The Labute approximate surface area is 129 Å². The van der Waals surface area contributed by atoms with Crippen LogP contribution in [0.25, 0.3) is 0 Å². The van der Waals surface area contributed by atoms with E-state index < -0.39 is 11.0 Å². The molecule has 108 valence electrons. The van der Waals surface area contributed by atoms with E-state index >= 15 is 0 Å². The molecule has 1 atom stereocenters. The molecule has 1 N–H and O–H groups in total. The molecule has 1 fully saturated rings. The third-order valence-corrected chi connectivity index (χ3v) is 5.36. The largest absolute Gasteiger partial charge is 0.388 e. The fraction of sp³-hybridized carbons (Fsp3) is 0.588. The first-order valence-corrected chi connectivity index (χ1v) is 8.06. The Kier molecular flexibility index (Phi) is 4.56. The quantitative estimate of drug-likeness (QED) is 0.885. The van der Waals surface area contributed by atoms with Crippen molar-refractivity contribution in [2.45, 2.75) is 51.6 Å². The van der Waals surface area contributed by atoms with Crippen LogP contribution in [0.5, 0.6) is 0 Å². The predicted molar refractivity (Wildman–Crippen MR) is 84.1 cm³/mol. The zero-order valence-electron chi connectivity index (χ0n) is 12.2. The minimum Gasteiger partial charge on any atom is -0.388 e. The van der Waals surface area contributed by atoms with Gasteiger partial charge in [0.2, 0.25) is 0 Å². The summed E-state index contributed by atoms with van der Waals surface area (Å²) in [6.07, 6.45) is 4.19. The van der Waals surface area contributed by atoms with E-state index in [9.17, 15) is 10.4 Å². The van der Waals surface area contributed by atoms with Crippen molar-refractivity contribution in [1.82, 2.24) is 0 Å². The lowest BCUT2D eigenvalue weighted by Gasteiger charge is -2.44. The Morgan fingerprint density at radius 3 is 2.40 bits per heavy atom. The maximum atomic E-state index is 11.0. The van der Waals surface area contributed by atoms with Gasteiger partial charge in [0.15, 0.2) is 0 Å². The molecular formula is C17H22BrNO. The standard InChI is InChI=1S/C17H22BrNO/c1-13-7-9-17(12-19,10-8-13)16(2,20)11-14-3-5-15(18)6-4-14/h3-6,13,20H,7-11H2,1-2H3. The summed E-state index contributed by atoms with van der Waals surface area (Å²) in [5.41, 5.74) is -0.506. The molecule has 0 radical (unpaired) electrons. The van der Waals surface area contributed by atoms with Gasteiger partial charge in [-0.3, -0.25) is 0 Å². The van der Waals surface area contributed by atoms with E-state index in [1.54, 1.807) is 0 Å². The summed E-state index contributed by atoms with van der Waals surface area (Å²) in [5, 5.41) is 20.6. The average molecular weight is 336 g/mol. The number of aliphatic hydroxyl groups is 1. The van der Waals surface area contributed by atoms with Gasteiger partial charge in [0.05, 0.1) is 17.1 Å². The second-order valence-corrected chi connectivity index (χ2v) is 7.37.